The van der Waals surface area contributed by atoms with Gasteiger partial charge in [0, 0.05) is 12.2 Å². The van der Waals surface area contributed by atoms with Crippen LogP contribution in [0.4, 0.5) is 11.4 Å². The van der Waals surface area contributed by atoms with E-state index in [-0.39, 0.29) is 17.4 Å². The summed E-state index contributed by atoms with van der Waals surface area (Å²) in [7, 11) is -3.85. The molecule has 0 aromatic heterocycles. The van der Waals surface area contributed by atoms with Gasteiger partial charge in [-0.05, 0) is 24.1 Å². The second kappa shape index (κ2) is 5.55. The lowest BCUT2D eigenvalue weighted by Crippen LogP contribution is -2.26. The quantitative estimate of drug-likeness (QED) is 0.577. The number of nitrogens with one attached hydrogen (secondary N) is 1. The van der Waals surface area contributed by atoms with Gasteiger partial charge in [-0.1, -0.05) is 13.8 Å². The Balaban J connectivity index is 2.96. The smallest absolute Gasteiger partial charge is 0.240 e. The van der Waals surface area contributed by atoms with Gasteiger partial charge in [-0.15, -0.1) is 0 Å². The van der Waals surface area contributed by atoms with Crippen LogP contribution in [0.25, 0.3) is 0 Å². The molecule has 0 saturated carbocycles. The summed E-state index contributed by atoms with van der Waals surface area (Å²) in [4.78, 5) is -0.0709. The third-order valence-corrected chi connectivity index (χ3v) is 3.53. The Morgan fingerprint density at radius 3 is 2.50 bits per heavy atom. The maximum absolute atomic E-state index is 11.4. The maximum Gasteiger partial charge on any atom is 0.240 e. The summed E-state index contributed by atoms with van der Waals surface area (Å²) in [6.45, 7) is 3.98. The third kappa shape index (κ3) is 3.86. The highest BCUT2D eigenvalue weighted by molar-refractivity contribution is 7.89. The van der Waals surface area contributed by atoms with Crippen molar-refractivity contribution in [2.45, 2.75) is 24.8 Å². The number of hydrogen-bond donors (Lipinski definition) is 4. The predicted octanol–water partition coefficient (Wildman–Crippen LogP) is 0.345. The van der Waals surface area contributed by atoms with E-state index in [1.165, 1.54) is 12.1 Å². The van der Waals surface area contributed by atoms with E-state index in [9.17, 15) is 13.5 Å². The van der Waals surface area contributed by atoms with Gasteiger partial charge in [0.15, 0.2) is 0 Å². The van der Waals surface area contributed by atoms with Gasteiger partial charge < -0.3 is 16.2 Å². The molecule has 6 nitrogen and oxygen atoms in total. The highest BCUT2D eigenvalue weighted by Gasteiger charge is 2.16. The predicted molar refractivity (Wildman–Crippen MR) is 71.6 cm³/mol. The Bertz CT molecular complexity index is 514. The molecule has 0 amide bonds. The molecular formula is C11H19N3O3S. The molecule has 102 valence electrons. The van der Waals surface area contributed by atoms with E-state index in [2.05, 4.69) is 5.32 Å². The molecule has 0 aliphatic heterocycles. The molecule has 6 N–H and O–H groups in total. The van der Waals surface area contributed by atoms with Gasteiger partial charge in [-0.3, -0.25) is 0 Å². The van der Waals surface area contributed by atoms with Crippen LogP contribution in [-0.4, -0.2) is 26.2 Å². The Morgan fingerprint density at radius 1 is 1.39 bits per heavy atom. The average molecular weight is 273 g/mol. The molecular weight excluding hydrogens is 254 g/mol. The molecule has 1 unspecified atom stereocenters. The van der Waals surface area contributed by atoms with Crippen LogP contribution in [0.15, 0.2) is 23.1 Å². The zero-order valence-corrected chi connectivity index (χ0v) is 11.2. The Labute approximate surface area is 107 Å². The average Bonchev–Trinajstić information content (AvgIpc) is 2.25. The molecule has 0 aliphatic carbocycles. The van der Waals surface area contributed by atoms with Crippen LogP contribution in [0.5, 0.6) is 0 Å². The second-order valence-corrected chi connectivity index (χ2v) is 6.02. The van der Waals surface area contributed by atoms with Crippen molar-refractivity contribution >= 4 is 21.4 Å². The van der Waals surface area contributed by atoms with E-state index in [1.807, 2.05) is 13.8 Å². The lowest BCUT2D eigenvalue weighted by atomic mass is 10.1. The van der Waals surface area contributed by atoms with Crippen LogP contribution in [0.2, 0.25) is 0 Å². The van der Waals surface area contributed by atoms with Crippen molar-refractivity contribution < 1.29 is 13.5 Å². The van der Waals surface area contributed by atoms with Gasteiger partial charge in [0.25, 0.3) is 0 Å². The zero-order valence-electron chi connectivity index (χ0n) is 10.4. The third-order valence-electron chi connectivity index (χ3n) is 2.58. The number of aliphatic hydroxyl groups excluding tert-OH is 1. The molecule has 0 saturated heterocycles. The normalized spacial score (nSPS) is 13.6. The summed E-state index contributed by atoms with van der Waals surface area (Å²) >= 11 is 0. The van der Waals surface area contributed by atoms with Crippen LogP contribution in [0.3, 0.4) is 0 Å². The summed E-state index contributed by atoms with van der Waals surface area (Å²) in [5.41, 5.74) is 6.18. The summed E-state index contributed by atoms with van der Waals surface area (Å²) in [5.74, 6) is 0.0733. The number of nitrogens with two attached hydrogens (primary N) is 2. The van der Waals surface area contributed by atoms with E-state index in [4.69, 9.17) is 10.9 Å². The standard InChI is InChI=1S/C11H19N3O3S/c1-7(2)10(15)6-14-9-4-3-8(12)5-11(9)18(13,16)17/h3-5,7,10,14-15H,6,12H2,1-2H3,(H2,13,16,17). The van der Waals surface area contributed by atoms with Crippen molar-refractivity contribution in [2.75, 3.05) is 17.6 Å². The summed E-state index contributed by atoms with van der Waals surface area (Å²) in [6.07, 6.45) is -0.573. The van der Waals surface area contributed by atoms with Crippen molar-refractivity contribution in [3.63, 3.8) is 0 Å². The largest absolute Gasteiger partial charge is 0.399 e. The first-order chi connectivity index (χ1) is 8.21. The minimum absolute atomic E-state index is 0.0709. The van der Waals surface area contributed by atoms with Gasteiger partial charge in [-0.25, -0.2) is 13.6 Å². The molecule has 0 aliphatic rings. The Morgan fingerprint density at radius 2 is 2.00 bits per heavy atom. The summed E-state index contributed by atoms with van der Waals surface area (Å²) < 4.78 is 22.8. The van der Waals surface area contributed by atoms with Crippen molar-refractivity contribution in [1.29, 1.82) is 0 Å². The molecule has 1 atom stereocenters. The number of rotatable bonds is 5. The van der Waals surface area contributed by atoms with E-state index in [0.29, 0.717) is 11.4 Å². The molecule has 18 heavy (non-hydrogen) atoms. The van der Waals surface area contributed by atoms with Crippen molar-refractivity contribution in [3.05, 3.63) is 18.2 Å². The molecule has 1 rings (SSSR count). The number of primary sulfonamides is 1. The van der Waals surface area contributed by atoms with Crippen LogP contribution < -0.4 is 16.2 Å². The Kier molecular flexibility index (Phi) is 4.55. The fourth-order valence-electron chi connectivity index (χ4n) is 1.37. The highest BCUT2D eigenvalue weighted by atomic mass is 32.2. The number of aliphatic hydroxyl groups is 1. The minimum Gasteiger partial charge on any atom is -0.399 e. The molecule has 0 fully saturated rings. The van der Waals surface area contributed by atoms with Gasteiger partial charge in [0.1, 0.15) is 4.90 Å². The molecule has 1 aromatic carbocycles. The van der Waals surface area contributed by atoms with E-state index in [1.54, 1.807) is 6.07 Å². The molecule has 1 aromatic rings. The summed E-state index contributed by atoms with van der Waals surface area (Å²) in [6, 6.07) is 4.39. The number of sulfonamides is 1. The topological polar surface area (TPSA) is 118 Å². The maximum atomic E-state index is 11.4. The number of nitrogen functional groups attached to an aromatic ring is 1. The van der Waals surface area contributed by atoms with Gasteiger partial charge in [0.2, 0.25) is 10.0 Å². The molecule has 0 spiro atoms. The first-order valence-corrected chi connectivity index (χ1v) is 7.10. The molecule has 0 heterocycles. The number of benzene rings is 1. The van der Waals surface area contributed by atoms with Gasteiger partial charge in [0.05, 0.1) is 11.8 Å². The fraction of sp³-hybridized carbons (Fsp3) is 0.455. The lowest BCUT2D eigenvalue weighted by molar-refractivity contribution is 0.138. The molecule has 7 heteroatoms. The lowest BCUT2D eigenvalue weighted by Gasteiger charge is -2.17. The summed E-state index contributed by atoms with van der Waals surface area (Å²) in [5, 5.41) is 17.6. The Hall–Kier alpha value is -1.31. The molecule has 0 bridgehead atoms. The fourth-order valence-corrected chi connectivity index (χ4v) is 2.12. The van der Waals surface area contributed by atoms with Crippen molar-refractivity contribution in [3.8, 4) is 0 Å². The zero-order chi connectivity index (χ0) is 13.9. The second-order valence-electron chi connectivity index (χ2n) is 4.49. The van der Waals surface area contributed by atoms with E-state index < -0.39 is 16.1 Å². The highest BCUT2D eigenvalue weighted by Crippen LogP contribution is 2.23. The number of hydrogen-bond acceptors (Lipinski definition) is 5. The first kappa shape index (κ1) is 14.7. The van der Waals surface area contributed by atoms with Crippen molar-refractivity contribution in [1.82, 2.24) is 0 Å². The first-order valence-electron chi connectivity index (χ1n) is 5.56. The SMILES string of the molecule is CC(C)C(O)CNc1ccc(N)cc1S(N)(=O)=O. The van der Waals surface area contributed by atoms with Crippen LogP contribution >= 0.6 is 0 Å². The monoisotopic (exact) mass is 273 g/mol. The van der Waals surface area contributed by atoms with Gasteiger partial charge in [-0.2, -0.15) is 0 Å². The van der Waals surface area contributed by atoms with Gasteiger partial charge >= 0.3 is 0 Å². The van der Waals surface area contributed by atoms with Crippen LogP contribution in [0, 0.1) is 5.92 Å². The van der Waals surface area contributed by atoms with Crippen LogP contribution in [-0.2, 0) is 10.0 Å². The van der Waals surface area contributed by atoms with Crippen LogP contribution in [0.1, 0.15) is 13.8 Å². The number of anilines is 2. The minimum atomic E-state index is -3.85. The van der Waals surface area contributed by atoms with Crippen molar-refractivity contribution in [2.24, 2.45) is 11.1 Å². The molecule has 0 radical (unpaired) electrons. The van der Waals surface area contributed by atoms with E-state index in [0.717, 1.165) is 0 Å². The van der Waals surface area contributed by atoms with E-state index >= 15 is 0 Å².